The van der Waals surface area contributed by atoms with Crippen LogP contribution in [0.15, 0.2) is 12.1 Å². The van der Waals surface area contributed by atoms with E-state index in [9.17, 15) is 5.11 Å². The molecule has 0 amide bonds. The summed E-state index contributed by atoms with van der Waals surface area (Å²) in [4.78, 5) is 4.29. The normalized spacial score (nSPS) is 13.0. The standard InChI is InChI=1S/C10H15NO/c1-4-10(12)9-6-5-7(2)8(3)11-9/h5-6,10,12H,4H2,1-3H3. The van der Waals surface area contributed by atoms with Gasteiger partial charge in [0.25, 0.3) is 0 Å². The van der Waals surface area contributed by atoms with Crippen molar-refractivity contribution in [2.45, 2.75) is 33.3 Å². The van der Waals surface area contributed by atoms with Gasteiger partial charge in [-0.3, -0.25) is 4.98 Å². The molecule has 0 spiro atoms. The zero-order valence-electron chi connectivity index (χ0n) is 7.83. The number of rotatable bonds is 2. The number of aryl methyl sites for hydroxylation is 2. The molecule has 1 heterocycles. The van der Waals surface area contributed by atoms with E-state index in [1.165, 1.54) is 5.56 Å². The molecule has 0 aliphatic carbocycles. The smallest absolute Gasteiger partial charge is 0.0957 e. The Labute approximate surface area is 73.3 Å². The van der Waals surface area contributed by atoms with E-state index < -0.39 is 6.10 Å². The zero-order chi connectivity index (χ0) is 9.14. The van der Waals surface area contributed by atoms with Gasteiger partial charge in [0.15, 0.2) is 0 Å². The third kappa shape index (κ3) is 1.83. The first kappa shape index (κ1) is 9.20. The summed E-state index contributed by atoms with van der Waals surface area (Å²) in [7, 11) is 0. The molecule has 0 bridgehead atoms. The number of aliphatic hydroxyl groups excluding tert-OH is 1. The molecule has 1 N–H and O–H groups in total. The quantitative estimate of drug-likeness (QED) is 0.728. The fraction of sp³-hybridized carbons (Fsp3) is 0.500. The summed E-state index contributed by atoms with van der Waals surface area (Å²) in [6.45, 7) is 5.92. The van der Waals surface area contributed by atoms with Gasteiger partial charge in [-0.1, -0.05) is 13.0 Å². The van der Waals surface area contributed by atoms with Crippen molar-refractivity contribution in [2.24, 2.45) is 0 Å². The second-order valence-corrected chi connectivity index (χ2v) is 3.06. The maximum Gasteiger partial charge on any atom is 0.0957 e. The molecule has 1 aromatic rings. The summed E-state index contributed by atoms with van der Waals surface area (Å²) < 4.78 is 0. The lowest BCUT2D eigenvalue weighted by atomic mass is 10.1. The van der Waals surface area contributed by atoms with E-state index >= 15 is 0 Å². The number of aromatic nitrogens is 1. The summed E-state index contributed by atoms with van der Waals surface area (Å²) in [5.74, 6) is 0. The van der Waals surface area contributed by atoms with Gasteiger partial charge in [-0.15, -0.1) is 0 Å². The molecule has 2 heteroatoms. The molecule has 2 nitrogen and oxygen atoms in total. The molecule has 1 atom stereocenters. The minimum absolute atomic E-state index is 0.413. The molecule has 0 aliphatic heterocycles. The van der Waals surface area contributed by atoms with Crippen molar-refractivity contribution in [1.29, 1.82) is 0 Å². The van der Waals surface area contributed by atoms with Crippen molar-refractivity contribution in [3.63, 3.8) is 0 Å². The van der Waals surface area contributed by atoms with Crippen LogP contribution in [0, 0.1) is 13.8 Å². The molecular formula is C10H15NO. The van der Waals surface area contributed by atoms with Crippen LogP contribution in [0.1, 0.15) is 36.4 Å². The van der Waals surface area contributed by atoms with Crippen LogP contribution < -0.4 is 0 Å². The molecule has 0 radical (unpaired) electrons. The fourth-order valence-corrected chi connectivity index (χ4v) is 1.04. The van der Waals surface area contributed by atoms with Crippen molar-refractivity contribution in [1.82, 2.24) is 4.98 Å². The van der Waals surface area contributed by atoms with E-state index in [4.69, 9.17) is 0 Å². The molecule has 0 saturated carbocycles. The fourth-order valence-electron chi connectivity index (χ4n) is 1.04. The first-order chi connectivity index (χ1) is 5.65. The third-order valence-electron chi connectivity index (χ3n) is 2.10. The molecule has 0 saturated heterocycles. The largest absolute Gasteiger partial charge is 0.387 e. The number of hydrogen-bond acceptors (Lipinski definition) is 2. The Morgan fingerprint density at radius 1 is 1.42 bits per heavy atom. The lowest BCUT2D eigenvalue weighted by molar-refractivity contribution is 0.168. The van der Waals surface area contributed by atoms with Gasteiger partial charge < -0.3 is 5.11 Å². The van der Waals surface area contributed by atoms with E-state index in [0.717, 1.165) is 17.8 Å². The molecule has 12 heavy (non-hydrogen) atoms. The lowest BCUT2D eigenvalue weighted by Gasteiger charge is -2.08. The molecule has 1 rings (SSSR count). The molecule has 0 aromatic carbocycles. The Balaban J connectivity index is 2.96. The van der Waals surface area contributed by atoms with Crippen LogP contribution in [0.3, 0.4) is 0 Å². The molecule has 66 valence electrons. The average molecular weight is 165 g/mol. The van der Waals surface area contributed by atoms with Crippen LogP contribution >= 0.6 is 0 Å². The minimum atomic E-state index is -0.413. The van der Waals surface area contributed by atoms with Crippen LogP contribution in [-0.2, 0) is 0 Å². The van der Waals surface area contributed by atoms with Gasteiger partial charge in [0.05, 0.1) is 11.8 Å². The average Bonchev–Trinajstić information content (AvgIpc) is 2.08. The SMILES string of the molecule is CCC(O)c1ccc(C)c(C)n1. The molecule has 1 aromatic heterocycles. The Morgan fingerprint density at radius 3 is 2.58 bits per heavy atom. The monoisotopic (exact) mass is 165 g/mol. The maximum atomic E-state index is 9.48. The summed E-state index contributed by atoms with van der Waals surface area (Å²) in [5.41, 5.74) is 2.95. The van der Waals surface area contributed by atoms with Gasteiger partial charge in [-0.2, -0.15) is 0 Å². The summed E-state index contributed by atoms with van der Waals surface area (Å²) in [6.07, 6.45) is 0.305. The number of hydrogen-bond donors (Lipinski definition) is 1. The van der Waals surface area contributed by atoms with Gasteiger partial charge in [0.2, 0.25) is 0 Å². The van der Waals surface area contributed by atoms with Gasteiger partial charge in [-0.25, -0.2) is 0 Å². The highest BCUT2D eigenvalue weighted by molar-refractivity contribution is 5.21. The molecule has 1 unspecified atom stereocenters. The van der Waals surface area contributed by atoms with E-state index in [2.05, 4.69) is 4.98 Å². The second kappa shape index (κ2) is 3.68. The van der Waals surface area contributed by atoms with E-state index in [1.54, 1.807) is 0 Å². The van der Waals surface area contributed by atoms with Gasteiger partial charge in [-0.05, 0) is 31.9 Å². The maximum absolute atomic E-state index is 9.48. The van der Waals surface area contributed by atoms with Crippen molar-refractivity contribution in [2.75, 3.05) is 0 Å². The Kier molecular flexibility index (Phi) is 2.82. The Hall–Kier alpha value is -0.890. The predicted molar refractivity (Wildman–Crippen MR) is 49.0 cm³/mol. The van der Waals surface area contributed by atoms with Gasteiger partial charge >= 0.3 is 0 Å². The van der Waals surface area contributed by atoms with Crippen molar-refractivity contribution in [3.8, 4) is 0 Å². The Morgan fingerprint density at radius 2 is 2.08 bits per heavy atom. The van der Waals surface area contributed by atoms with Crippen LogP contribution in [-0.4, -0.2) is 10.1 Å². The number of nitrogens with zero attached hydrogens (tertiary/aromatic N) is 1. The van der Waals surface area contributed by atoms with Crippen LogP contribution in [0.2, 0.25) is 0 Å². The lowest BCUT2D eigenvalue weighted by Crippen LogP contribution is -2.00. The highest BCUT2D eigenvalue weighted by atomic mass is 16.3. The highest BCUT2D eigenvalue weighted by Gasteiger charge is 2.06. The van der Waals surface area contributed by atoms with Crippen molar-refractivity contribution in [3.05, 3.63) is 29.1 Å². The topological polar surface area (TPSA) is 33.1 Å². The Bertz CT molecular complexity index is 271. The highest BCUT2D eigenvalue weighted by Crippen LogP contribution is 2.15. The van der Waals surface area contributed by atoms with Crippen molar-refractivity contribution >= 4 is 0 Å². The molecule has 0 fully saturated rings. The number of aliphatic hydroxyl groups is 1. The van der Waals surface area contributed by atoms with E-state index in [1.807, 2.05) is 32.9 Å². The van der Waals surface area contributed by atoms with Crippen LogP contribution in [0.5, 0.6) is 0 Å². The van der Waals surface area contributed by atoms with E-state index in [-0.39, 0.29) is 0 Å². The first-order valence-corrected chi connectivity index (χ1v) is 4.27. The summed E-state index contributed by atoms with van der Waals surface area (Å²) >= 11 is 0. The van der Waals surface area contributed by atoms with Crippen LogP contribution in [0.25, 0.3) is 0 Å². The number of pyridine rings is 1. The predicted octanol–water partition coefficient (Wildman–Crippen LogP) is 2.14. The molecular weight excluding hydrogens is 150 g/mol. The van der Waals surface area contributed by atoms with Gasteiger partial charge in [0.1, 0.15) is 0 Å². The second-order valence-electron chi connectivity index (χ2n) is 3.06. The zero-order valence-corrected chi connectivity index (χ0v) is 7.83. The summed E-state index contributed by atoms with van der Waals surface area (Å²) in [5, 5.41) is 9.48. The summed E-state index contributed by atoms with van der Waals surface area (Å²) in [6, 6.07) is 3.88. The van der Waals surface area contributed by atoms with Crippen LogP contribution in [0.4, 0.5) is 0 Å². The first-order valence-electron chi connectivity index (χ1n) is 4.27. The third-order valence-corrected chi connectivity index (χ3v) is 2.10. The minimum Gasteiger partial charge on any atom is -0.387 e. The molecule has 0 aliphatic rings. The van der Waals surface area contributed by atoms with Gasteiger partial charge in [0, 0.05) is 5.69 Å². The van der Waals surface area contributed by atoms with E-state index in [0.29, 0.717) is 0 Å². The van der Waals surface area contributed by atoms with Crippen molar-refractivity contribution < 1.29 is 5.11 Å².